The summed E-state index contributed by atoms with van der Waals surface area (Å²) < 4.78 is 19.6. The lowest BCUT2D eigenvalue weighted by Crippen LogP contribution is -2.60. The van der Waals surface area contributed by atoms with Crippen LogP contribution in [0.5, 0.6) is 0 Å². The lowest BCUT2D eigenvalue weighted by molar-refractivity contribution is -0.248. The standard InChI is InChI=1S/C38H59NO7/c1-22-16-25(18-24(41)20-40)45-32-31(22)35(4)12-13-38-21-37(38)11-10-28(34(2,3)26(37)8-9-27(38)36(35,5)33(32)43)46-30-19-39(14-15-44-30)29(42)17-23-6-7-23/h22-23,25-28,30-33,40,43H,6-21H2,1-5H3/t22-,25?,26+,27?,28+,30+,31+,32?,33+,35-,36-,37-,38?/m1/s1. The highest BCUT2D eigenvalue weighted by molar-refractivity contribution is 5.79. The van der Waals surface area contributed by atoms with Gasteiger partial charge in [0.15, 0.2) is 12.1 Å². The summed E-state index contributed by atoms with van der Waals surface area (Å²) in [5, 5.41) is 21.7. The second-order valence-corrected chi connectivity index (χ2v) is 18.5. The topological polar surface area (TPSA) is 106 Å². The van der Waals surface area contributed by atoms with E-state index in [9.17, 15) is 19.8 Å². The van der Waals surface area contributed by atoms with E-state index >= 15 is 0 Å². The van der Waals surface area contributed by atoms with Crippen LogP contribution in [0.1, 0.15) is 112 Å². The van der Waals surface area contributed by atoms with Crippen LogP contribution in [0.4, 0.5) is 0 Å². The van der Waals surface area contributed by atoms with Gasteiger partial charge in [0.2, 0.25) is 5.91 Å². The zero-order chi connectivity index (χ0) is 32.4. The molecule has 13 atom stereocenters. The second-order valence-electron chi connectivity index (χ2n) is 18.5. The summed E-state index contributed by atoms with van der Waals surface area (Å²) in [6, 6.07) is 0. The quantitative estimate of drug-likeness (QED) is 0.398. The number of aliphatic hydroxyl groups excluding tert-OH is 2. The molecule has 2 heterocycles. The molecule has 0 aromatic rings. The number of rotatable bonds is 7. The van der Waals surface area contributed by atoms with Crippen molar-refractivity contribution in [2.45, 2.75) is 142 Å². The number of carbonyl (C=O) groups excluding carboxylic acids is 2. The number of hydrogen-bond donors (Lipinski definition) is 2. The molecule has 0 bridgehead atoms. The Bertz CT molecular complexity index is 1250. The highest BCUT2D eigenvalue weighted by atomic mass is 16.7. The summed E-state index contributed by atoms with van der Waals surface area (Å²) in [6.45, 7) is 13.4. The first-order chi connectivity index (χ1) is 21.8. The highest BCUT2D eigenvalue weighted by Gasteiger charge is 2.84. The van der Waals surface area contributed by atoms with Gasteiger partial charge in [-0.1, -0.05) is 34.6 Å². The van der Waals surface area contributed by atoms with E-state index in [4.69, 9.17) is 14.2 Å². The van der Waals surface area contributed by atoms with E-state index in [2.05, 4.69) is 34.6 Å². The maximum Gasteiger partial charge on any atom is 0.223 e. The third-order valence-corrected chi connectivity index (χ3v) is 16.3. The van der Waals surface area contributed by atoms with Crippen LogP contribution >= 0.6 is 0 Å². The average Bonchev–Trinajstić information content (AvgIpc) is 3.94. The summed E-state index contributed by atoms with van der Waals surface area (Å²) in [4.78, 5) is 27.0. The van der Waals surface area contributed by atoms with Gasteiger partial charge in [0, 0.05) is 24.8 Å². The number of amides is 1. The van der Waals surface area contributed by atoms with Crippen LogP contribution in [0.3, 0.4) is 0 Å². The van der Waals surface area contributed by atoms with Crippen molar-refractivity contribution in [3.8, 4) is 0 Å². The van der Waals surface area contributed by atoms with Gasteiger partial charge in [-0.3, -0.25) is 9.59 Å². The molecule has 8 fully saturated rings. The van der Waals surface area contributed by atoms with E-state index in [0.29, 0.717) is 55.2 Å². The zero-order valence-electron chi connectivity index (χ0n) is 29.0. The fourth-order valence-electron chi connectivity index (χ4n) is 13.9. The number of carbonyl (C=O) groups is 2. The van der Waals surface area contributed by atoms with Crippen molar-refractivity contribution < 1.29 is 34.0 Å². The van der Waals surface area contributed by atoms with Crippen LogP contribution in [0.2, 0.25) is 0 Å². The molecule has 8 heteroatoms. The molecule has 6 aliphatic carbocycles. The molecular weight excluding hydrogens is 582 g/mol. The van der Waals surface area contributed by atoms with Crippen molar-refractivity contribution >= 4 is 11.7 Å². The first-order valence-corrected chi connectivity index (χ1v) is 18.8. The summed E-state index contributed by atoms with van der Waals surface area (Å²) >= 11 is 0. The van der Waals surface area contributed by atoms with Gasteiger partial charge in [0.25, 0.3) is 0 Å². The molecule has 2 spiro atoms. The molecule has 2 aliphatic heterocycles. The smallest absolute Gasteiger partial charge is 0.223 e. The van der Waals surface area contributed by atoms with Gasteiger partial charge in [-0.05, 0) is 115 Å². The summed E-state index contributed by atoms with van der Waals surface area (Å²) in [7, 11) is 0. The van der Waals surface area contributed by atoms with Gasteiger partial charge >= 0.3 is 0 Å². The van der Waals surface area contributed by atoms with Crippen molar-refractivity contribution in [2.75, 3.05) is 26.3 Å². The lowest BCUT2D eigenvalue weighted by atomic mass is 9.41. The Balaban J connectivity index is 0.999. The molecule has 1 amide bonds. The molecule has 8 rings (SSSR count). The molecule has 8 aliphatic rings. The number of aliphatic hydroxyl groups is 2. The number of ketones is 1. The first-order valence-electron chi connectivity index (χ1n) is 18.8. The van der Waals surface area contributed by atoms with Gasteiger partial charge in [-0.15, -0.1) is 0 Å². The van der Waals surface area contributed by atoms with Gasteiger partial charge in [0.1, 0.15) is 6.61 Å². The third kappa shape index (κ3) is 4.34. The van der Waals surface area contributed by atoms with E-state index < -0.39 is 12.7 Å². The van der Waals surface area contributed by atoms with Crippen LogP contribution in [0.15, 0.2) is 0 Å². The lowest BCUT2D eigenvalue weighted by Gasteiger charge is -2.64. The van der Waals surface area contributed by atoms with Crippen molar-refractivity contribution in [1.29, 1.82) is 0 Å². The largest absolute Gasteiger partial charge is 0.390 e. The molecule has 0 radical (unpaired) electrons. The first kappa shape index (κ1) is 32.2. The van der Waals surface area contributed by atoms with E-state index in [1.165, 1.54) is 32.1 Å². The number of ether oxygens (including phenoxy) is 3. The van der Waals surface area contributed by atoms with Crippen LogP contribution in [0, 0.1) is 56.7 Å². The Morgan fingerprint density at radius 2 is 1.70 bits per heavy atom. The predicted molar refractivity (Wildman–Crippen MR) is 171 cm³/mol. The minimum absolute atomic E-state index is 0.00437. The fourth-order valence-corrected chi connectivity index (χ4v) is 13.9. The van der Waals surface area contributed by atoms with Crippen LogP contribution < -0.4 is 0 Å². The molecule has 2 saturated heterocycles. The monoisotopic (exact) mass is 641 g/mol. The minimum atomic E-state index is -0.546. The zero-order valence-corrected chi connectivity index (χ0v) is 29.0. The van der Waals surface area contributed by atoms with Crippen LogP contribution in [-0.4, -0.2) is 83.8 Å². The number of fused-ring (bicyclic) bond motifs is 4. The average molecular weight is 642 g/mol. The normalized spacial score (nSPS) is 52.1. The maximum absolute atomic E-state index is 12.9. The third-order valence-electron chi connectivity index (χ3n) is 16.3. The van der Waals surface area contributed by atoms with Crippen molar-refractivity contribution in [2.24, 2.45) is 56.7 Å². The molecule has 8 nitrogen and oxygen atoms in total. The Morgan fingerprint density at radius 1 is 0.957 bits per heavy atom. The van der Waals surface area contributed by atoms with Gasteiger partial charge < -0.3 is 29.3 Å². The summed E-state index contributed by atoms with van der Waals surface area (Å²) in [6.07, 6.45) is 11.0. The fraction of sp³-hybridized carbons (Fsp3) is 0.947. The van der Waals surface area contributed by atoms with E-state index in [0.717, 1.165) is 32.1 Å². The van der Waals surface area contributed by atoms with Gasteiger partial charge in [-0.25, -0.2) is 0 Å². The molecule has 6 saturated carbocycles. The Kier molecular flexibility index (Phi) is 7.49. The van der Waals surface area contributed by atoms with E-state index in [-0.39, 0.29) is 70.3 Å². The maximum atomic E-state index is 12.9. The predicted octanol–water partition coefficient (Wildman–Crippen LogP) is 5.12. The van der Waals surface area contributed by atoms with Gasteiger partial charge in [-0.2, -0.15) is 0 Å². The Morgan fingerprint density at radius 3 is 2.43 bits per heavy atom. The number of Topliss-reactive ketones (excluding diaryl/α,β-unsaturated/α-hetero) is 1. The molecule has 0 aromatic carbocycles. The number of nitrogens with zero attached hydrogens (tertiary/aromatic N) is 1. The SMILES string of the molecule is C[C@@H]1CC(CC(=O)CO)OC2[C@H]1[C@@]1(C)CCC34C[C@@]35CC[C@H](O[C@H]3CN(C(=O)CC6CC6)CCO3)C(C)(C)[C@@H]5CCC4[C@]1(C)[C@H]2O. The molecular formula is C38H59NO7. The summed E-state index contributed by atoms with van der Waals surface area (Å²) in [5.41, 5.74) is 0.336. The van der Waals surface area contributed by atoms with Gasteiger partial charge in [0.05, 0.1) is 37.6 Å². The molecule has 2 N–H and O–H groups in total. The summed E-state index contributed by atoms with van der Waals surface area (Å²) in [5.74, 6) is 2.36. The van der Waals surface area contributed by atoms with Crippen molar-refractivity contribution in [1.82, 2.24) is 4.90 Å². The minimum Gasteiger partial charge on any atom is -0.390 e. The molecule has 46 heavy (non-hydrogen) atoms. The Hall–Kier alpha value is -1.06. The molecule has 258 valence electrons. The number of morpholine rings is 1. The molecule has 4 unspecified atom stereocenters. The number of hydrogen-bond acceptors (Lipinski definition) is 7. The van der Waals surface area contributed by atoms with E-state index in [1.807, 2.05) is 4.90 Å². The van der Waals surface area contributed by atoms with Crippen LogP contribution in [0.25, 0.3) is 0 Å². The van der Waals surface area contributed by atoms with Crippen molar-refractivity contribution in [3.63, 3.8) is 0 Å². The highest BCUT2D eigenvalue weighted by Crippen LogP contribution is 2.89. The Labute approximate surface area is 275 Å². The van der Waals surface area contributed by atoms with Crippen molar-refractivity contribution in [3.05, 3.63) is 0 Å². The molecule has 0 aromatic heterocycles. The van der Waals surface area contributed by atoms with E-state index in [1.54, 1.807) is 0 Å². The second kappa shape index (κ2) is 10.7. The van der Waals surface area contributed by atoms with Crippen LogP contribution in [-0.2, 0) is 23.8 Å².